The highest BCUT2D eigenvalue weighted by Gasteiger charge is 2.29. The normalized spacial score (nSPS) is 15.3. The Labute approximate surface area is 201 Å². The molecule has 0 bridgehead atoms. The molecule has 11 heteroatoms. The summed E-state index contributed by atoms with van der Waals surface area (Å²) in [5, 5.41) is 7.57. The van der Waals surface area contributed by atoms with Crippen LogP contribution in [0.1, 0.15) is 50.7 Å². The van der Waals surface area contributed by atoms with Gasteiger partial charge < -0.3 is 20.7 Å². The molecule has 0 aliphatic heterocycles. The minimum atomic E-state index is -1.52. The highest BCUT2D eigenvalue weighted by atomic mass is 32.2. The Balaban J connectivity index is 1.97. The Morgan fingerprint density at radius 1 is 1.06 bits per heavy atom. The number of aldehydes is 1. The monoisotopic (exact) mass is 492 g/mol. The first-order chi connectivity index (χ1) is 16.1. The lowest BCUT2D eigenvalue weighted by Crippen LogP contribution is -2.54. The van der Waals surface area contributed by atoms with E-state index in [1.54, 1.807) is 19.9 Å². The molecule has 0 radical (unpaired) electrons. The summed E-state index contributed by atoms with van der Waals surface area (Å²) in [5.41, 5.74) is 2.77. The smallest absolute Gasteiger partial charge is 0.313 e. The maximum atomic E-state index is 12.7. The molecule has 1 aromatic rings. The Morgan fingerprint density at radius 2 is 1.76 bits per heavy atom. The summed E-state index contributed by atoms with van der Waals surface area (Å²) in [6.45, 7) is 3.38. The minimum Gasteiger partial charge on any atom is -0.345 e. The molecule has 0 saturated heterocycles. The summed E-state index contributed by atoms with van der Waals surface area (Å²) in [4.78, 5) is 60.8. The van der Waals surface area contributed by atoms with Crippen LogP contribution in [0, 0.1) is 5.92 Å². The molecular formula is C23H32N4O6S. The molecule has 186 valence electrons. The second-order valence-corrected chi connectivity index (χ2v) is 9.68. The maximum Gasteiger partial charge on any atom is 0.313 e. The topological polar surface area (TPSA) is 151 Å². The van der Waals surface area contributed by atoms with Crippen LogP contribution in [0.3, 0.4) is 0 Å². The number of amides is 4. The van der Waals surface area contributed by atoms with Crippen molar-refractivity contribution in [2.24, 2.45) is 5.92 Å². The minimum absolute atomic E-state index is 0.00333. The molecule has 2 rings (SSSR count). The number of carbonyl (C=O) groups excluding carboxylic acids is 5. The molecule has 34 heavy (non-hydrogen) atoms. The second kappa shape index (κ2) is 13.0. The van der Waals surface area contributed by atoms with Gasteiger partial charge in [-0.1, -0.05) is 26.0 Å². The predicted octanol–water partition coefficient (Wildman–Crippen LogP) is 0.518. The van der Waals surface area contributed by atoms with Crippen molar-refractivity contribution in [3.05, 3.63) is 29.3 Å². The van der Waals surface area contributed by atoms with Crippen LogP contribution >= 0.6 is 0 Å². The summed E-state index contributed by atoms with van der Waals surface area (Å²) >= 11 is 0. The van der Waals surface area contributed by atoms with E-state index in [-0.39, 0.29) is 18.8 Å². The zero-order chi connectivity index (χ0) is 25.3. The van der Waals surface area contributed by atoms with Crippen molar-refractivity contribution in [3.63, 3.8) is 0 Å². The van der Waals surface area contributed by atoms with E-state index in [1.807, 2.05) is 12.1 Å². The van der Waals surface area contributed by atoms with Gasteiger partial charge in [0.2, 0.25) is 11.8 Å². The van der Waals surface area contributed by atoms with Crippen molar-refractivity contribution in [2.75, 3.05) is 11.6 Å². The number of rotatable bonds is 10. The molecule has 3 atom stereocenters. The lowest BCUT2D eigenvalue weighted by molar-refractivity contribution is -0.138. The summed E-state index contributed by atoms with van der Waals surface area (Å²) in [5.74, 6) is -3.39. The van der Waals surface area contributed by atoms with E-state index in [2.05, 4.69) is 20.7 Å². The van der Waals surface area contributed by atoms with Gasteiger partial charge in [0.25, 0.3) is 0 Å². The van der Waals surface area contributed by atoms with Crippen LogP contribution < -0.4 is 20.7 Å². The van der Waals surface area contributed by atoms with E-state index in [9.17, 15) is 28.2 Å². The van der Waals surface area contributed by atoms with Crippen molar-refractivity contribution >= 4 is 46.6 Å². The van der Waals surface area contributed by atoms with Crippen LogP contribution in [-0.4, -0.2) is 52.5 Å². The third-order valence-corrected chi connectivity index (χ3v) is 6.03. The van der Waals surface area contributed by atoms with Gasteiger partial charge in [-0.15, -0.1) is 0 Å². The number of hydrogen-bond acceptors (Lipinski definition) is 6. The quantitative estimate of drug-likeness (QED) is 0.276. The average molecular weight is 493 g/mol. The Kier molecular flexibility index (Phi) is 10.4. The predicted molar refractivity (Wildman–Crippen MR) is 128 cm³/mol. The molecule has 0 aromatic heterocycles. The van der Waals surface area contributed by atoms with Crippen LogP contribution in [0.5, 0.6) is 0 Å². The molecule has 0 fully saturated rings. The molecule has 4 N–H and O–H groups in total. The lowest BCUT2D eigenvalue weighted by Gasteiger charge is -2.24. The van der Waals surface area contributed by atoms with Crippen LogP contribution in [0.15, 0.2) is 18.2 Å². The number of hydrogen-bond donors (Lipinski definition) is 4. The Morgan fingerprint density at radius 3 is 2.41 bits per heavy atom. The van der Waals surface area contributed by atoms with Crippen molar-refractivity contribution in [3.8, 4) is 0 Å². The van der Waals surface area contributed by atoms with E-state index >= 15 is 0 Å². The molecule has 1 aromatic carbocycles. The summed E-state index contributed by atoms with van der Waals surface area (Å²) < 4.78 is 13.2. The first-order valence-electron chi connectivity index (χ1n) is 11.2. The van der Waals surface area contributed by atoms with E-state index in [0.29, 0.717) is 12.0 Å². The Bertz CT molecular complexity index is 965. The molecule has 4 amide bonds. The highest BCUT2D eigenvalue weighted by Crippen LogP contribution is 2.27. The highest BCUT2D eigenvalue weighted by molar-refractivity contribution is 7.82. The van der Waals surface area contributed by atoms with Gasteiger partial charge in [0.05, 0.1) is 6.04 Å². The fraction of sp³-hybridized carbons (Fsp3) is 0.522. The van der Waals surface area contributed by atoms with Crippen LogP contribution in [-0.2, 0) is 47.8 Å². The molecule has 1 aliphatic carbocycles. The fourth-order valence-corrected chi connectivity index (χ4v) is 4.19. The van der Waals surface area contributed by atoms with Crippen LogP contribution in [0.2, 0.25) is 0 Å². The first-order valence-corrected chi connectivity index (χ1v) is 12.8. The van der Waals surface area contributed by atoms with Gasteiger partial charge in [-0.2, -0.15) is 0 Å². The molecule has 0 spiro atoms. The van der Waals surface area contributed by atoms with Gasteiger partial charge in [0, 0.05) is 18.4 Å². The van der Waals surface area contributed by atoms with E-state index in [1.165, 1.54) is 6.26 Å². The van der Waals surface area contributed by atoms with Gasteiger partial charge in [0.1, 0.15) is 23.3 Å². The number of anilines is 1. The van der Waals surface area contributed by atoms with Gasteiger partial charge in [-0.3, -0.25) is 23.9 Å². The zero-order valence-corrected chi connectivity index (χ0v) is 20.5. The standard InChI is InChI=1S/C23H32N4O6S/c1-14(2)20(21(30)24-16(13-28)11-12-19(29)27-34(3)33)26-23(32)22(31)25-18-10-6-8-15-7-4-5-9-17(15)18/h6,8,10,13-14,16,20H,4-5,7,9,11-12H2,1-3H3,(H,24,30)(H,25,31)(H,26,32)(H,27,29). The lowest BCUT2D eigenvalue weighted by atomic mass is 9.90. The third kappa shape index (κ3) is 8.05. The zero-order valence-electron chi connectivity index (χ0n) is 19.6. The SMILES string of the molecule is CC(C)C(NC(=O)C(=O)Nc1cccc2c1CCCC2)C(=O)NC(C=O)CCC(=O)NS(C)=O. The first kappa shape index (κ1) is 27.2. The van der Waals surface area contributed by atoms with Crippen molar-refractivity contribution in [2.45, 2.75) is 64.5 Å². The molecule has 10 nitrogen and oxygen atoms in total. The molecular weight excluding hydrogens is 460 g/mol. The second-order valence-electron chi connectivity index (χ2n) is 8.57. The number of fused-ring (bicyclic) bond motifs is 1. The third-order valence-electron chi connectivity index (χ3n) is 5.52. The van der Waals surface area contributed by atoms with Gasteiger partial charge in [-0.05, 0) is 55.2 Å². The van der Waals surface area contributed by atoms with Crippen molar-refractivity contribution in [1.29, 1.82) is 0 Å². The largest absolute Gasteiger partial charge is 0.345 e. The van der Waals surface area contributed by atoms with E-state index in [0.717, 1.165) is 36.8 Å². The van der Waals surface area contributed by atoms with Gasteiger partial charge in [-0.25, -0.2) is 4.21 Å². The number of benzene rings is 1. The van der Waals surface area contributed by atoms with E-state index < -0.39 is 46.7 Å². The molecule has 1 aliphatic rings. The molecule has 3 unspecified atom stereocenters. The Hall–Kier alpha value is -3.08. The number of nitrogens with one attached hydrogen (secondary N) is 4. The number of aryl methyl sites for hydroxylation is 1. The van der Waals surface area contributed by atoms with Crippen LogP contribution in [0.25, 0.3) is 0 Å². The van der Waals surface area contributed by atoms with E-state index in [4.69, 9.17) is 0 Å². The molecule has 0 saturated carbocycles. The van der Waals surface area contributed by atoms with Crippen molar-refractivity contribution in [1.82, 2.24) is 15.4 Å². The van der Waals surface area contributed by atoms with Crippen molar-refractivity contribution < 1.29 is 28.2 Å². The summed E-state index contributed by atoms with van der Waals surface area (Å²) in [6, 6.07) is 3.55. The molecule has 0 heterocycles. The van der Waals surface area contributed by atoms with Crippen LogP contribution in [0.4, 0.5) is 5.69 Å². The van der Waals surface area contributed by atoms with Gasteiger partial charge in [0.15, 0.2) is 0 Å². The van der Waals surface area contributed by atoms with Gasteiger partial charge >= 0.3 is 11.8 Å². The maximum absolute atomic E-state index is 12.7. The fourth-order valence-electron chi connectivity index (χ4n) is 3.76. The summed E-state index contributed by atoms with van der Waals surface area (Å²) in [7, 11) is -1.52. The summed E-state index contributed by atoms with van der Waals surface area (Å²) in [6.07, 6.45) is 5.51. The average Bonchev–Trinajstić information content (AvgIpc) is 2.79. The number of carbonyl (C=O) groups is 5.